The van der Waals surface area contributed by atoms with E-state index in [4.69, 9.17) is 0 Å². The molecule has 0 spiro atoms. The van der Waals surface area contributed by atoms with Crippen molar-refractivity contribution in [3.63, 3.8) is 0 Å². The van der Waals surface area contributed by atoms with Gasteiger partial charge < -0.3 is 9.80 Å². The highest BCUT2D eigenvalue weighted by Crippen LogP contribution is 2.14. The predicted molar refractivity (Wildman–Crippen MR) is 96.9 cm³/mol. The Morgan fingerprint density at radius 2 is 1.92 bits per heavy atom. The molecule has 2 rings (SSSR count). The van der Waals surface area contributed by atoms with Crippen molar-refractivity contribution in [2.45, 2.75) is 26.2 Å². The molecule has 0 unspecified atom stereocenters. The molecular formula is C17H25N3O4S. The number of sulfonamides is 1. The van der Waals surface area contributed by atoms with E-state index in [-0.39, 0.29) is 17.6 Å². The lowest BCUT2D eigenvalue weighted by molar-refractivity contribution is -0.133. The summed E-state index contributed by atoms with van der Waals surface area (Å²) in [5.41, 5.74) is 0.909. The maximum Gasteiger partial charge on any atom is 0.253 e. The van der Waals surface area contributed by atoms with Crippen molar-refractivity contribution in [3.05, 3.63) is 29.8 Å². The fraction of sp³-hybridized carbons (Fsp3) is 0.529. The summed E-state index contributed by atoms with van der Waals surface area (Å²) in [6.07, 6.45) is 2.55. The topological polar surface area (TPSA) is 86.8 Å². The largest absolute Gasteiger partial charge is 0.341 e. The SMILES string of the molecule is CCS(=O)(=O)Nc1ccc(C(=O)N(C)CCN2CCCCC2=O)cc1. The second kappa shape index (κ2) is 8.33. The van der Waals surface area contributed by atoms with Gasteiger partial charge in [0.05, 0.1) is 5.75 Å². The van der Waals surface area contributed by atoms with Crippen LogP contribution >= 0.6 is 0 Å². The molecule has 7 nitrogen and oxygen atoms in total. The molecule has 8 heteroatoms. The zero-order valence-corrected chi connectivity index (χ0v) is 15.5. The standard InChI is InChI=1S/C17H25N3O4S/c1-3-25(23,24)18-15-9-7-14(8-10-15)17(22)19(2)12-13-20-11-5-4-6-16(20)21/h7-10,18H,3-6,11-13H2,1-2H3. The van der Waals surface area contributed by atoms with Crippen LogP contribution in [0.25, 0.3) is 0 Å². The van der Waals surface area contributed by atoms with E-state index in [1.807, 2.05) is 0 Å². The van der Waals surface area contributed by atoms with Gasteiger partial charge in [-0.15, -0.1) is 0 Å². The molecule has 1 N–H and O–H groups in total. The molecule has 1 heterocycles. The molecule has 0 atom stereocenters. The minimum absolute atomic E-state index is 0.00829. The van der Waals surface area contributed by atoms with E-state index in [1.165, 1.54) is 0 Å². The zero-order chi connectivity index (χ0) is 18.4. The van der Waals surface area contributed by atoms with Crippen molar-refractivity contribution in [2.75, 3.05) is 37.2 Å². The van der Waals surface area contributed by atoms with E-state index >= 15 is 0 Å². The number of hydrogen-bond donors (Lipinski definition) is 1. The number of benzene rings is 1. The van der Waals surface area contributed by atoms with E-state index in [0.29, 0.717) is 30.8 Å². The first-order chi connectivity index (χ1) is 11.8. The zero-order valence-electron chi connectivity index (χ0n) is 14.7. The Morgan fingerprint density at radius 3 is 2.52 bits per heavy atom. The van der Waals surface area contributed by atoms with Gasteiger partial charge in [-0.05, 0) is 44.0 Å². The molecule has 0 saturated carbocycles. The van der Waals surface area contributed by atoms with Crippen molar-refractivity contribution in [2.24, 2.45) is 0 Å². The number of likely N-dealkylation sites (tertiary alicyclic amines) is 1. The number of carbonyl (C=O) groups is 2. The van der Waals surface area contributed by atoms with Crippen LogP contribution in [0, 0.1) is 0 Å². The molecule has 138 valence electrons. The quantitative estimate of drug-likeness (QED) is 0.792. The lowest BCUT2D eigenvalue weighted by Crippen LogP contribution is -2.41. The first-order valence-electron chi connectivity index (χ1n) is 8.46. The summed E-state index contributed by atoms with van der Waals surface area (Å²) < 4.78 is 25.5. The molecule has 1 saturated heterocycles. The van der Waals surface area contributed by atoms with Gasteiger partial charge >= 0.3 is 0 Å². The minimum atomic E-state index is -3.33. The van der Waals surface area contributed by atoms with Crippen molar-refractivity contribution in [1.82, 2.24) is 9.80 Å². The number of nitrogens with one attached hydrogen (secondary N) is 1. The van der Waals surface area contributed by atoms with Crippen LogP contribution in [0.4, 0.5) is 5.69 Å². The van der Waals surface area contributed by atoms with Crippen molar-refractivity contribution < 1.29 is 18.0 Å². The molecule has 0 aliphatic carbocycles. The fourth-order valence-corrected chi connectivity index (χ4v) is 3.26. The van der Waals surface area contributed by atoms with Crippen LogP contribution in [0.1, 0.15) is 36.5 Å². The van der Waals surface area contributed by atoms with Crippen LogP contribution < -0.4 is 4.72 Å². The molecule has 25 heavy (non-hydrogen) atoms. The molecule has 0 radical (unpaired) electrons. The first-order valence-corrected chi connectivity index (χ1v) is 10.1. The van der Waals surface area contributed by atoms with Gasteiger partial charge in [0.2, 0.25) is 15.9 Å². The number of amides is 2. The number of likely N-dealkylation sites (N-methyl/N-ethyl adjacent to an activating group) is 1. The van der Waals surface area contributed by atoms with Gasteiger partial charge in [-0.1, -0.05) is 0 Å². The van der Waals surface area contributed by atoms with E-state index < -0.39 is 10.0 Å². The van der Waals surface area contributed by atoms with Gasteiger partial charge in [-0.2, -0.15) is 0 Å². The summed E-state index contributed by atoms with van der Waals surface area (Å²) in [5, 5.41) is 0. The van der Waals surface area contributed by atoms with E-state index in [0.717, 1.165) is 19.4 Å². The molecule has 1 aliphatic heterocycles. The van der Waals surface area contributed by atoms with Gasteiger partial charge in [0.25, 0.3) is 5.91 Å². The summed E-state index contributed by atoms with van der Waals surface area (Å²) in [4.78, 5) is 27.6. The summed E-state index contributed by atoms with van der Waals surface area (Å²) in [5.74, 6) is -0.0138. The number of anilines is 1. The van der Waals surface area contributed by atoms with Crippen LogP contribution in [0.3, 0.4) is 0 Å². The van der Waals surface area contributed by atoms with Gasteiger partial charge in [-0.3, -0.25) is 14.3 Å². The minimum Gasteiger partial charge on any atom is -0.341 e. The molecule has 1 aromatic carbocycles. The molecule has 0 aromatic heterocycles. The third kappa shape index (κ3) is 5.45. The Kier molecular flexibility index (Phi) is 6.41. The van der Waals surface area contributed by atoms with Crippen LogP contribution in [-0.4, -0.2) is 62.5 Å². The van der Waals surface area contributed by atoms with Crippen molar-refractivity contribution >= 4 is 27.5 Å². The second-order valence-corrected chi connectivity index (χ2v) is 8.16. The first kappa shape index (κ1) is 19.2. The average Bonchev–Trinajstić information content (AvgIpc) is 2.60. The maximum atomic E-state index is 12.4. The van der Waals surface area contributed by atoms with Crippen LogP contribution in [0.5, 0.6) is 0 Å². The van der Waals surface area contributed by atoms with Crippen molar-refractivity contribution in [3.8, 4) is 0 Å². The number of piperidine rings is 1. The highest BCUT2D eigenvalue weighted by Gasteiger charge is 2.19. The van der Waals surface area contributed by atoms with E-state index in [9.17, 15) is 18.0 Å². The average molecular weight is 367 g/mol. The number of carbonyl (C=O) groups excluding carboxylic acids is 2. The Morgan fingerprint density at radius 1 is 1.24 bits per heavy atom. The van der Waals surface area contributed by atoms with Gasteiger partial charge in [0.15, 0.2) is 0 Å². The van der Waals surface area contributed by atoms with E-state index in [1.54, 1.807) is 48.0 Å². The predicted octanol–water partition coefficient (Wildman–Crippen LogP) is 1.53. The van der Waals surface area contributed by atoms with Crippen LogP contribution in [0.15, 0.2) is 24.3 Å². The normalized spacial score (nSPS) is 15.1. The van der Waals surface area contributed by atoms with Crippen molar-refractivity contribution in [1.29, 1.82) is 0 Å². The van der Waals surface area contributed by atoms with Crippen LogP contribution in [-0.2, 0) is 14.8 Å². The van der Waals surface area contributed by atoms with E-state index in [2.05, 4.69) is 4.72 Å². The smallest absolute Gasteiger partial charge is 0.253 e. The molecule has 1 fully saturated rings. The summed E-state index contributed by atoms with van der Waals surface area (Å²) in [6, 6.07) is 6.33. The highest BCUT2D eigenvalue weighted by atomic mass is 32.2. The lowest BCUT2D eigenvalue weighted by atomic mass is 10.1. The monoisotopic (exact) mass is 367 g/mol. The van der Waals surface area contributed by atoms with Gasteiger partial charge in [-0.25, -0.2) is 8.42 Å². The fourth-order valence-electron chi connectivity index (χ4n) is 2.62. The molecule has 1 aliphatic rings. The number of hydrogen-bond acceptors (Lipinski definition) is 4. The Balaban J connectivity index is 1.91. The number of rotatable bonds is 7. The van der Waals surface area contributed by atoms with Gasteiger partial charge in [0.1, 0.15) is 0 Å². The Bertz CT molecular complexity index is 716. The molecule has 0 bridgehead atoms. The second-order valence-electron chi connectivity index (χ2n) is 6.15. The van der Waals surface area contributed by atoms with Gasteiger partial charge in [0, 0.05) is 44.4 Å². The Hall–Kier alpha value is -2.09. The highest BCUT2D eigenvalue weighted by molar-refractivity contribution is 7.92. The Labute approximate surface area is 149 Å². The third-order valence-corrected chi connectivity index (χ3v) is 5.57. The third-order valence-electron chi connectivity index (χ3n) is 4.26. The maximum absolute atomic E-state index is 12.4. The van der Waals surface area contributed by atoms with Crippen LogP contribution in [0.2, 0.25) is 0 Å². The summed E-state index contributed by atoms with van der Waals surface area (Å²) in [6.45, 7) is 3.32. The summed E-state index contributed by atoms with van der Waals surface area (Å²) >= 11 is 0. The molecule has 2 amide bonds. The molecular weight excluding hydrogens is 342 g/mol. The number of nitrogens with zero attached hydrogens (tertiary/aromatic N) is 2. The summed E-state index contributed by atoms with van der Waals surface area (Å²) in [7, 11) is -1.63. The molecule has 1 aromatic rings. The lowest BCUT2D eigenvalue weighted by Gasteiger charge is -2.28.